The topological polar surface area (TPSA) is 66.5 Å². The third-order valence-corrected chi connectivity index (χ3v) is 2.00. The molecule has 2 rings (SSSR count). The molecule has 1 amide bonds. The molecule has 0 saturated heterocycles. The number of aliphatic imine (C=N–C) groups is 4. The molecule has 72 valence electrons. The van der Waals surface area contributed by atoms with E-state index in [2.05, 4.69) is 26.9 Å². The van der Waals surface area contributed by atoms with Gasteiger partial charge in [-0.2, -0.15) is 4.99 Å². The Balaban J connectivity index is 2.18. The number of amides is 1. The monoisotopic (exact) mass is 190 g/mol. The number of fused-ring (bicyclic) bond motifs is 1. The number of carbonyl (C=O) groups excluding carboxylic acids is 1. The number of hydrogen-bond donors (Lipinski definition) is 0. The largest absolute Gasteiger partial charge is 0.301 e. The second kappa shape index (κ2) is 3.61. The molecule has 0 aliphatic carbocycles. The third-order valence-electron chi connectivity index (χ3n) is 2.00. The normalized spacial score (nSPS) is 18.9. The van der Waals surface area contributed by atoms with Crippen molar-refractivity contribution < 1.29 is 4.79 Å². The van der Waals surface area contributed by atoms with Gasteiger partial charge in [0.05, 0.1) is 0 Å². The lowest BCUT2D eigenvalue weighted by atomic mass is 10.2. The number of amidine groups is 2. The Bertz CT molecular complexity index is 390. The van der Waals surface area contributed by atoms with Crippen molar-refractivity contribution in [1.82, 2.24) is 0 Å². The summed E-state index contributed by atoms with van der Waals surface area (Å²) >= 11 is 0. The van der Waals surface area contributed by atoms with E-state index in [9.17, 15) is 4.79 Å². The van der Waals surface area contributed by atoms with Crippen molar-refractivity contribution in [3.8, 4) is 0 Å². The van der Waals surface area contributed by atoms with Crippen molar-refractivity contribution in [3.05, 3.63) is 0 Å². The van der Waals surface area contributed by atoms with Crippen LogP contribution in [0.25, 0.3) is 0 Å². The van der Waals surface area contributed by atoms with E-state index in [1.54, 1.807) is 0 Å². The van der Waals surface area contributed by atoms with Crippen LogP contribution in [0.5, 0.6) is 0 Å². The number of rotatable bonds is 3. The van der Waals surface area contributed by atoms with Gasteiger partial charge in [-0.3, -0.25) is 4.79 Å². The summed E-state index contributed by atoms with van der Waals surface area (Å²) in [7, 11) is 0. The Morgan fingerprint density at radius 1 is 1.36 bits per heavy atom. The maximum Gasteiger partial charge on any atom is 0.301 e. The fourth-order valence-electron chi connectivity index (χ4n) is 1.26. The van der Waals surface area contributed by atoms with Crippen LogP contribution in [0.15, 0.2) is 20.0 Å². The highest BCUT2D eigenvalue weighted by Gasteiger charge is 2.25. The van der Waals surface area contributed by atoms with Gasteiger partial charge in [-0.25, -0.2) is 15.0 Å². The molecule has 5 nitrogen and oxygen atoms in total. The van der Waals surface area contributed by atoms with Crippen LogP contribution in [0.1, 0.15) is 26.2 Å². The molecule has 2 aliphatic rings. The first kappa shape index (κ1) is 8.93. The molecule has 0 N–H and O–H groups in total. The summed E-state index contributed by atoms with van der Waals surface area (Å²) in [6.07, 6.45) is 4.11. The molecule has 0 fully saturated rings. The van der Waals surface area contributed by atoms with Crippen molar-refractivity contribution in [1.29, 1.82) is 0 Å². The number of hydrogen-bond acceptors (Lipinski definition) is 4. The van der Waals surface area contributed by atoms with Gasteiger partial charge in [0, 0.05) is 6.42 Å². The summed E-state index contributed by atoms with van der Waals surface area (Å²) in [5.41, 5.74) is 0.269. The molecule has 0 spiro atoms. The van der Waals surface area contributed by atoms with Crippen molar-refractivity contribution in [2.24, 2.45) is 20.0 Å². The average molecular weight is 190 g/mol. The molecule has 0 atom stereocenters. The fraction of sp³-hybridized carbons (Fsp3) is 0.444. The van der Waals surface area contributed by atoms with E-state index in [0.717, 1.165) is 19.3 Å². The maximum absolute atomic E-state index is 11.4. The minimum absolute atomic E-state index is 0.269. The molecule has 0 unspecified atom stereocenters. The van der Waals surface area contributed by atoms with Gasteiger partial charge in [0.15, 0.2) is 11.5 Å². The Kier molecular flexibility index (Phi) is 2.30. The second-order valence-corrected chi connectivity index (χ2v) is 3.09. The van der Waals surface area contributed by atoms with Gasteiger partial charge in [-0.15, -0.1) is 0 Å². The Hall–Kier alpha value is -1.65. The van der Waals surface area contributed by atoms with E-state index in [0.29, 0.717) is 11.7 Å². The van der Waals surface area contributed by atoms with Crippen LogP contribution >= 0.6 is 0 Å². The zero-order chi connectivity index (χ0) is 9.97. The standard InChI is InChI=1S/C9H10N4O/c1-2-3-4-6-12-8-7(9(14)13-6)10-5-11-8/h5H,2-4H2,1H3. The third kappa shape index (κ3) is 1.53. The molecular formula is C9H10N4O. The van der Waals surface area contributed by atoms with Gasteiger partial charge in [0.2, 0.25) is 0 Å². The fourth-order valence-corrected chi connectivity index (χ4v) is 1.26. The first-order valence-corrected chi connectivity index (χ1v) is 4.62. The van der Waals surface area contributed by atoms with E-state index < -0.39 is 0 Å². The summed E-state index contributed by atoms with van der Waals surface area (Å²) in [5.74, 6) is 0.666. The van der Waals surface area contributed by atoms with Gasteiger partial charge in [-0.05, 0) is 6.42 Å². The van der Waals surface area contributed by atoms with Gasteiger partial charge in [0.25, 0.3) is 0 Å². The van der Waals surface area contributed by atoms with Crippen LogP contribution in [0, 0.1) is 0 Å². The average Bonchev–Trinajstić information content (AvgIpc) is 2.63. The van der Waals surface area contributed by atoms with Gasteiger partial charge < -0.3 is 0 Å². The van der Waals surface area contributed by atoms with Crippen LogP contribution in [0.3, 0.4) is 0 Å². The predicted octanol–water partition coefficient (Wildman–Crippen LogP) is 0.997. The lowest BCUT2D eigenvalue weighted by Crippen LogP contribution is -2.25. The number of carbonyl (C=O) groups is 1. The lowest BCUT2D eigenvalue weighted by molar-refractivity contribution is -0.111. The van der Waals surface area contributed by atoms with Gasteiger partial charge >= 0.3 is 5.91 Å². The van der Waals surface area contributed by atoms with E-state index in [1.165, 1.54) is 6.34 Å². The maximum atomic E-state index is 11.4. The van der Waals surface area contributed by atoms with Crippen LogP contribution in [-0.4, -0.2) is 29.6 Å². The molecule has 5 heteroatoms. The highest BCUT2D eigenvalue weighted by atomic mass is 16.1. The number of unbranched alkanes of at least 4 members (excludes halogenated alkanes) is 1. The van der Waals surface area contributed by atoms with Crippen molar-refractivity contribution in [2.75, 3.05) is 0 Å². The van der Waals surface area contributed by atoms with Gasteiger partial charge in [0.1, 0.15) is 12.2 Å². The highest BCUT2D eigenvalue weighted by molar-refractivity contribution is 6.71. The molecule has 14 heavy (non-hydrogen) atoms. The molecule has 0 bridgehead atoms. The van der Waals surface area contributed by atoms with Crippen LogP contribution in [-0.2, 0) is 4.79 Å². The smallest absolute Gasteiger partial charge is 0.265 e. The highest BCUT2D eigenvalue weighted by Crippen LogP contribution is 2.08. The summed E-state index contributed by atoms with van der Waals surface area (Å²) in [6.45, 7) is 2.08. The minimum atomic E-state index is -0.321. The SMILES string of the molecule is CCCCC1=NC(=O)C2=NC=NC2=N1. The van der Waals surface area contributed by atoms with Crippen LogP contribution < -0.4 is 0 Å². The van der Waals surface area contributed by atoms with Crippen molar-refractivity contribution >= 4 is 29.6 Å². The summed E-state index contributed by atoms with van der Waals surface area (Å²) in [5, 5.41) is 0. The van der Waals surface area contributed by atoms with E-state index in [1.807, 2.05) is 0 Å². The lowest BCUT2D eigenvalue weighted by Gasteiger charge is -2.06. The predicted molar refractivity (Wildman–Crippen MR) is 55.3 cm³/mol. The molecule has 2 heterocycles. The molecule has 0 saturated carbocycles. The first-order chi connectivity index (χ1) is 6.81. The molecule has 0 aromatic carbocycles. The zero-order valence-electron chi connectivity index (χ0n) is 7.90. The summed E-state index contributed by atoms with van der Waals surface area (Å²) in [4.78, 5) is 27.0. The van der Waals surface area contributed by atoms with Crippen molar-refractivity contribution in [2.45, 2.75) is 26.2 Å². The Labute approximate surface area is 81.4 Å². The van der Waals surface area contributed by atoms with Gasteiger partial charge in [-0.1, -0.05) is 13.3 Å². The zero-order valence-corrected chi connectivity index (χ0v) is 7.90. The summed E-state index contributed by atoms with van der Waals surface area (Å²) in [6, 6.07) is 0. The molecule has 0 aromatic heterocycles. The Morgan fingerprint density at radius 2 is 2.21 bits per heavy atom. The second-order valence-electron chi connectivity index (χ2n) is 3.09. The molecule has 0 radical (unpaired) electrons. The number of nitrogens with zero attached hydrogens (tertiary/aromatic N) is 4. The minimum Gasteiger partial charge on any atom is -0.265 e. The molecular weight excluding hydrogens is 180 g/mol. The van der Waals surface area contributed by atoms with Crippen LogP contribution in [0.4, 0.5) is 0 Å². The van der Waals surface area contributed by atoms with Crippen molar-refractivity contribution in [3.63, 3.8) is 0 Å². The van der Waals surface area contributed by atoms with E-state index >= 15 is 0 Å². The first-order valence-electron chi connectivity index (χ1n) is 4.62. The molecule has 0 aromatic rings. The van der Waals surface area contributed by atoms with E-state index in [4.69, 9.17) is 0 Å². The van der Waals surface area contributed by atoms with Crippen LogP contribution in [0.2, 0.25) is 0 Å². The molecule has 2 aliphatic heterocycles. The quantitative estimate of drug-likeness (QED) is 0.654. The Morgan fingerprint density at radius 3 is 3.00 bits per heavy atom. The van der Waals surface area contributed by atoms with E-state index in [-0.39, 0.29) is 11.6 Å². The summed E-state index contributed by atoms with van der Waals surface area (Å²) < 4.78 is 0.